The van der Waals surface area contributed by atoms with Gasteiger partial charge in [-0.1, -0.05) is 0 Å². The lowest BCUT2D eigenvalue weighted by atomic mass is 9.95. The smallest absolute Gasteiger partial charge is 0.341 e. The van der Waals surface area contributed by atoms with Gasteiger partial charge in [0, 0.05) is 16.3 Å². The van der Waals surface area contributed by atoms with E-state index in [1.54, 1.807) is 11.3 Å². The van der Waals surface area contributed by atoms with Crippen molar-refractivity contribution in [3.63, 3.8) is 0 Å². The fourth-order valence-corrected chi connectivity index (χ4v) is 7.60. The molecule has 0 fully saturated rings. The molecule has 5 nitrogen and oxygen atoms in total. The number of nitrogens with one attached hydrogen (secondary N) is 2. The average Bonchev–Trinajstić information content (AvgIpc) is 3.22. The number of halogens is 1. The van der Waals surface area contributed by atoms with Crippen molar-refractivity contribution in [2.45, 2.75) is 77.9 Å². The molecule has 2 heterocycles. The number of hydrogen-bond acceptors (Lipinski definition) is 5. The van der Waals surface area contributed by atoms with Gasteiger partial charge in [-0.15, -0.1) is 22.7 Å². The summed E-state index contributed by atoms with van der Waals surface area (Å²) in [6.45, 7) is 4.17. The first-order chi connectivity index (χ1) is 14.4. The fraction of sp³-hybridized carbons (Fsp3) is 0.545. The zero-order valence-corrected chi connectivity index (χ0v) is 20.6. The van der Waals surface area contributed by atoms with E-state index in [0.29, 0.717) is 17.1 Å². The third-order valence-electron chi connectivity index (χ3n) is 5.60. The Balaban J connectivity index is 1.49. The minimum Gasteiger partial charge on any atom is -0.459 e. The second-order valence-corrected chi connectivity index (χ2v) is 11.7. The molecule has 2 aromatic rings. The Morgan fingerprint density at radius 1 is 1.00 bits per heavy atom. The van der Waals surface area contributed by atoms with Crippen LogP contribution >= 0.6 is 38.6 Å². The average molecular weight is 512 g/mol. The third kappa shape index (κ3) is 4.60. The number of anilines is 1. The molecule has 2 aromatic heterocycles. The molecule has 0 saturated carbocycles. The van der Waals surface area contributed by atoms with Crippen LogP contribution in [0.4, 0.5) is 9.80 Å². The van der Waals surface area contributed by atoms with Crippen LogP contribution in [-0.2, 0) is 37.0 Å². The van der Waals surface area contributed by atoms with Crippen molar-refractivity contribution in [3.8, 4) is 0 Å². The highest BCUT2D eigenvalue weighted by Gasteiger charge is 2.28. The number of amides is 2. The summed E-state index contributed by atoms with van der Waals surface area (Å²) in [5, 5.41) is 6.54. The molecule has 0 atom stereocenters. The Labute approximate surface area is 193 Å². The number of carbonyl (C=O) groups is 2. The number of thiophene rings is 2. The SMILES string of the molecule is CC(C)OC(=O)c1c(NC(=O)NCc2c(Br)sc3c2CCCC3)sc2c1CCCC2. The molecular formula is C22H27BrN2O3S2. The molecule has 30 heavy (non-hydrogen) atoms. The van der Waals surface area contributed by atoms with Crippen molar-refractivity contribution >= 4 is 55.6 Å². The fourth-order valence-electron chi connectivity index (χ4n) is 4.23. The molecule has 0 saturated heterocycles. The lowest BCUT2D eigenvalue weighted by Gasteiger charge is -2.15. The minimum atomic E-state index is -0.339. The van der Waals surface area contributed by atoms with Crippen LogP contribution in [0.15, 0.2) is 3.79 Å². The number of esters is 1. The minimum absolute atomic E-state index is 0.194. The molecule has 2 N–H and O–H groups in total. The summed E-state index contributed by atoms with van der Waals surface area (Å²) in [6, 6.07) is -0.283. The summed E-state index contributed by atoms with van der Waals surface area (Å²) in [5.41, 5.74) is 4.19. The maximum absolute atomic E-state index is 12.7. The van der Waals surface area contributed by atoms with E-state index in [4.69, 9.17) is 4.74 Å². The van der Waals surface area contributed by atoms with E-state index in [1.165, 1.54) is 45.1 Å². The molecule has 0 radical (unpaired) electrons. The van der Waals surface area contributed by atoms with Crippen LogP contribution in [0.1, 0.15) is 76.3 Å². The first kappa shape index (κ1) is 21.8. The van der Waals surface area contributed by atoms with E-state index >= 15 is 0 Å². The summed E-state index contributed by atoms with van der Waals surface area (Å²) in [6.07, 6.45) is 8.48. The highest BCUT2D eigenvalue weighted by Crippen LogP contribution is 2.39. The van der Waals surface area contributed by atoms with Gasteiger partial charge >= 0.3 is 12.0 Å². The lowest BCUT2D eigenvalue weighted by molar-refractivity contribution is 0.0378. The van der Waals surface area contributed by atoms with Gasteiger partial charge < -0.3 is 10.1 Å². The number of ether oxygens (including phenoxy) is 1. The van der Waals surface area contributed by atoms with Gasteiger partial charge in [-0.25, -0.2) is 9.59 Å². The predicted molar refractivity (Wildman–Crippen MR) is 126 cm³/mol. The molecule has 0 spiro atoms. The molecular weight excluding hydrogens is 484 g/mol. The maximum Gasteiger partial charge on any atom is 0.341 e. The van der Waals surface area contributed by atoms with Crippen LogP contribution in [0.5, 0.6) is 0 Å². The van der Waals surface area contributed by atoms with Gasteiger partial charge in [0.05, 0.1) is 15.5 Å². The molecule has 2 aliphatic carbocycles. The van der Waals surface area contributed by atoms with E-state index < -0.39 is 0 Å². The van der Waals surface area contributed by atoms with Crippen LogP contribution in [-0.4, -0.2) is 18.1 Å². The van der Waals surface area contributed by atoms with Crippen molar-refractivity contribution in [3.05, 3.63) is 35.8 Å². The number of aryl methyl sites for hydroxylation is 2. The number of urea groups is 1. The number of rotatable bonds is 5. The van der Waals surface area contributed by atoms with Crippen LogP contribution in [0.3, 0.4) is 0 Å². The summed E-state index contributed by atoms with van der Waals surface area (Å²) in [7, 11) is 0. The van der Waals surface area contributed by atoms with Crippen LogP contribution in [0, 0.1) is 0 Å². The highest BCUT2D eigenvalue weighted by molar-refractivity contribution is 9.11. The molecule has 2 aliphatic rings. The number of fused-ring (bicyclic) bond motifs is 2. The van der Waals surface area contributed by atoms with Gasteiger partial charge in [-0.3, -0.25) is 5.32 Å². The topological polar surface area (TPSA) is 67.4 Å². The largest absolute Gasteiger partial charge is 0.459 e. The van der Waals surface area contributed by atoms with Gasteiger partial charge in [-0.2, -0.15) is 0 Å². The Bertz CT molecular complexity index is 964. The standard InChI is InChI=1S/C22H27BrN2O3S2/c1-12(2)28-21(26)18-14-8-4-6-10-17(14)30-20(18)25-22(27)24-11-15-13-7-3-5-9-16(13)29-19(15)23/h12H,3-11H2,1-2H3,(H2,24,25,27). The van der Waals surface area contributed by atoms with Gasteiger partial charge in [0.1, 0.15) is 5.00 Å². The molecule has 0 aliphatic heterocycles. The van der Waals surface area contributed by atoms with Gasteiger partial charge in [0.25, 0.3) is 0 Å². The van der Waals surface area contributed by atoms with Crippen LogP contribution in [0.2, 0.25) is 0 Å². The van der Waals surface area contributed by atoms with Crippen molar-refractivity contribution in [1.29, 1.82) is 0 Å². The van der Waals surface area contributed by atoms with Crippen molar-refractivity contribution in [2.24, 2.45) is 0 Å². The second-order valence-electron chi connectivity index (χ2n) is 8.14. The molecule has 8 heteroatoms. The third-order valence-corrected chi connectivity index (χ3v) is 8.90. The Morgan fingerprint density at radius 3 is 2.33 bits per heavy atom. The monoisotopic (exact) mass is 510 g/mol. The summed E-state index contributed by atoms with van der Waals surface area (Å²) < 4.78 is 6.58. The first-order valence-electron chi connectivity index (χ1n) is 10.6. The molecule has 2 amide bonds. The van der Waals surface area contributed by atoms with Crippen molar-refractivity contribution in [1.82, 2.24) is 5.32 Å². The molecule has 0 bridgehead atoms. The lowest BCUT2D eigenvalue weighted by Crippen LogP contribution is -2.29. The van der Waals surface area contributed by atoms with Crippen LogP contribution < -0.4 is 10.6 Å². The first-order valence-corrected chi connectivity index (χ1v) is 13.1. The van der Waals surface area contributed by atoms with Crippen LogP contribution in [0.25, 0.3) is 0 Å². The molecule has 4 rings (SSSR count). The van der Waals surface area contributed by atoms with E-state index in [2.05, 4.69) is 26.6 Å². The summed E-state index contributed by atoms with van der Waals surface area (Å²) >= 11 is 6.98. The predicted octanol–water partition coefficient (Wildman–Crippen LogP) is 6.22. The van der Waals surface area contributed by atoms with Crippen molar-refractivity contribution < 1.29 is 14.3 Å². The zero-order valence-electron chi connectivity index (χ0n) is 17.4. The summed E-state index contributed by atoms with van der Waals surface area (Å²) in [5.74, 6) is -0.339. The molecule has 162 valence electrons. The van der Waals surface area contributed by atoms with Gasteiger partial charge in [-0.05, 0) is 97.8 Å². The Kier molecular flexibility index (Phi) is 6.85. The van der Waals surface area contributed by atoms with E-state index in [1.807, 2.05) is 13.8 Å². The summed E-state index contributed by atoms with van der Waals surface area (Å²) in [4.78, 5) is 28.1. The van der Waals surface area contributed by atoms with E-state index in [-0.39, 0.29) is 18.1 Å². The van der Waals surface area contributed by atoms with E-state index in [0.717, 1.165) is 47.9 Å². The second kappa shape index (κ2) is 9.40. The van der Waals surface area contributed by atoms with E-state index in [9.17, 15) is 9.59 Å². The Morgan fingerprint density at radius 2 is 1.63 bits per heavy atom. The molecule has 0 aromatic carbocycles. The van der Waals surface area contributed by atoms with Gasteiger partial charge in [0.2, 0.25) is 0 Å². The maximum atomic E-state index is 12.7. The zero-order chi connectivity index (χ0) is 21.3. The normalized spacial score (nSPS) is 15.5. The van der Waals surface area contributed by atoms with Crippen molar-refractivity contribution in [2.75, 3.05) is 5.32 Å². The number of carbonyl (C=O) groups excluding carboxylic acids is 2. The molecule has 0 unspecified atom stereocenters. The van der Waals surface area contributed by atoms with Gasteiger partial charge in [0.15, 0.2) is 0 Å². The Hall–Kier alpha value is -1.38. The number of hydrogen-bond donors (Lipinski definition) is 2. The quantitative estimate of drug-likeness (QED) is 0.469. The highest BCUT2D eigenvalue weighted by atomic mass is 79.9.